The highest BCUT2D eigenvalue weighted by Crippen LogP contribution is 2.26. The number of aromatic nitrogens is 3. The summed E-state index contributed by atoms with van der Waals surface area (Å²) >= 11 is 12.3. The zero-order valence-electron chi connectivity index (χ0n) is 21.0. The fraction of sp³-hybridized carbons (Fsp3) is 0.138. The van der Waals surface area contributed by atoms with Crippen molar-refractivity contribution in [2.24, 2.45) is 0 Å². The minimum Gasteiger partial charge on any atom is -0.467 e. The van der Waals surface area contributed by atoms with Crippen LogP contribution in [0.5, 0.6) is 0 Å². The van der Waals surface area contributed by atoms with Crippen LogP contribution in [0.25, 0.3) is 6.08 Å². The van der Waals surface area contributed by atoms with Crippen LogP contribution in [0.1, 0.15) is 27.9 Å². The number of methoxy groups -OCH3 is 1. The highest BCUT2D eigenvalue weighted by Gasteiger charge is 2.23. The Morgan fingerprint density at radius 3 is 2.33 bits per heavy atom. The highest BCUT2D eigenvalue weighted by molar-refractivity contribution is 6.39. The maximum Gasteiger partial charge on any atom is 0.328 e. The number of carbonyl (C=O) groups excluding carboxylic acids is 2. The van der Waals surface area contributed by atoms with Crippen molar-refractivity contribution in [2.45, 2.75) is 19.0 Å². The van der Waals surface area contributed by atoms with Crippen LogP contribution in [-0.4, -0.2) is 40.0 Å². The average Bonchev–Trinajstić information content (AvgIpc) is 2.96. The molecular weight excluding hydrogens is 537 g/mol. The van der Waals surface area contributed by atoms with Crippen LogP contribution in [0.15, 0.2) is 91.5 Å². The third-order valence-corrected chi connectivity index (χ3v) is 6.35. The highest BCUT2D eigenvalue weighted by atomic mass is 35.5. The summed E-state index contributed by atoms with van der Waals surface area (Å²) in [5.74, 6) is -0.573. The zero-order chi connectivity index (χ0) is 27.6. The van der Waals surface area contributed by atoms with Gasteiger partial charge in [0.05, 0.1) is 29.3 Å². The molecule has 0 aliphatic carbocycles. The fourth-order valence-electron chi connectivity index (χ4n) is 3.79. The number of rotatable bonds is 10. The predicted octanol–water partition coefficient (Wildman–Crippen LogP) is 5.89. The molecule has 4 rings (SSSR count). The van der Waals surface area contributed by atoms with E-state index < -0.39 is 17.9 Å². The lowest BCUT2D eigenvalue weighted by Gasteiger charge is -2.22. The number of esters is 1. The lowest BCUT2D eigenvalue weighted by Crippen LogP contribution is -2.41. The summed E-state index contributed by atoms with van der Waals surface area (Å²) in [4.78, 5) is 40.1. The van der Waals surface area contributed by atoms with E-state index in [1.165, 1.54) is 7.11 Å². The van der Waals surface area contributed by atoms with E-state index in [1.54, 1.807) is 48.9 Å². The topological polar surface area (TPSA) is 97.3 Å². The Morgan fingerprint density at radius 2 is 1.69 bits per heavy atom. The molecule has 1 atom stereocenters. The standard InChI is InChI=1S/C29H25Cl2N5O3/c1-39-28(38)25(35-27(37)26-23(30)8-3-9-24(26)31)10-2-6-20-11-13-22(14-12-20)36(29-33-16-5-17-34-29)19-21-7-4-15-32-18-21/h2-9,11-18,25H,10,19H2,1H3,(H,35,37)/b6-2+/t25-/m1/s1. The molecule has 4 aromatic rings. The number of benzene rings is 2. The van der Waals surface area contributed by atoms with Crippen molar-refractivity contribution in [3.63, 3.8) is 0 Å². The van der Waals surface area contributed by atoms with Crippen LogP contribution in [0, 0.1) is 0 Å². The Morgan fingerprint density at radius 1 is 0.974 bits per heavy atom. The van der Waals surface area contributed by atoms with Gasteiger partial charge < -0.3 is 15.0 Å². The lowest BCUT2D eigenvalue weighted by atomic mass is 10.1. The largest absolute Gasteiger partial charge is 0.467 e. The number of carbonyl (C=O) groups is 2. The molecule has 0 radical (unpaired) electrons. The predicted molar refractivity (Wildman–Crippen MR) is 152 cm³/mol. The third-order valence-electron chi connectivity index (χ3n) is 5.72. The Kier molecular flexibility index (Phi) is 9.61. The second-order valence-corrected chi connectivity index (χ2v) is 9.19. The van der Waals surface area contributed by atoms with E-state index in [2.05, 4.69) is 20.3 Å². The SMILES string of the molecule is COC(=O)[C@@H](C/C=C/c1ccc(N(Cc2cccnc2)c2ncccn2)cc1)NC(=O)c1c(Cl)cccc1Cl. The summed E-state index contributed by atoms with van der Waals surface area (Å²) in [6, 6.07) is 17.3. The van der Waals surface area contributed by atoms with Crippen LogP contribution in [0.4, 0.5) is 11.6 Å². The van der Waals surface area contributed by atoms with Gasteiger partial charge in [0, 0.05) is 30.5 Å². The van der Waals surface area contributed by atoms with Gasteiger partial charge in [-0.3, -0.25) is 9.78 Å². The number of ether oxygens (including phenoxy) is 1. The molecule has 2 aromatic carbocycles. The summed E-state index contributed by atoms with van der Waals surface area (Å²) in [6.45, 7) is 0.545. The average molecular weight is 562 g/mol. The molecule has 2 aromatic heterocycles. The van der Waals surface area contributed by atoms with E-state index in [-0.39, 0.29) is 22.0 Å². The smallest absolute Gasteiger partial charge is 0.328 e. The molecule has 0 aliphatic heterocycles. The number of anilines is 2. The lowest BCUT2D eigenvalue weighted by molar-refractivity contribution is -0.142. The van der Waals surface area contributed by atoms with Gasteiger partial charge in [0.25, 0.3) is 5.91 Å². The van der Waals surface area contributed by atoms with Gasteiger partial charge in [0.1, 0.15) is 6.04 Å². The Labute approximate surface area is 236 Å². The zero-order valence-corrected chi connectivity index (χ0v) is 22.5. The third kappa shape index (κ3) is 7.40. The Hall–Kier alpha value is -4.27. The Balaban J connectivity index is 1.47. The number of hydrogen-bond donors (Lipinski definition) is 1. The first-order valence-corrected chi connectivity index (χ1v) is 12.7. The molecule has 0 fully saturated rings. The quantitative estimate of drug-likeness (QED) is 0.241. The minimum absolute atomic E-state index is 0.104. The number of amides is 1. The molecule has 198 valence electrons. The van der Waals surface area contributed by atoms with E-state index in [0.717, 1.165) is 16.8 Å². The van der Waals surface area contributed by atoms with Gasteiger partial charge in [-0.2, -0.15) is 0 Å². The molecule has 1 amide bonds. The molecule has 0 bridgehead atoms. The number of nitrogens with zero attached hydrogens (tertiary/aromatic N) is 4. The van der Waals surface area contributed by atoms with Crippen molar-refractivity contribution in [3.8, 4) is 0 Å². The van der Waals surface area contributed by atoms with Crippen molar-refractivity contribution in [1.29, 1.82) is 0 Å². The van der Waals surface area contributed by atoms with E-state index in [4.69, 9.17) is 27.9 Å². The first-order valence-electron chi connectivity index (χ1n) is 12.0. The molecule has 0 saturated heterocycles. The molecule has 0 saturated carbocycles. The second kappa shape index (κ2) is 13.5. The summed E-state index contributed by atoms with van der Waals surface area (Å²) < 4.78 is 4.87. The number of hydrogen-bond acceptors (Lipinski definition) is 7. The number of halogens is 2. The van der Waals surface area contributed by atoms with Crippen LogP contribution in [0.2, 0.25) is 10.0 Å². The summed E-state index contributed by atoms with van der Waals surface area (Å²) in [5.41, 5.74) is 2.92. The maximum absolute atomic E-state index is 12.8. The van der Waals surface area contributed by atoms with Crippen LogP contribution >= 0.6 is 23.2 Å². The first-order chi connectivity index (χ1) is 19.0. The van der Waals surface area contributed by atoms with E-state index in [0.29, 0.717) is 12.5 Å². The van der Waals surface area contributed by atoms with Crippen molar-refractivity contribution in [2.75, 3.05) is 12.0 Å². The summed E-state index contributed by atoms with van der Waals surface area (Å²) in [5, 5.41) is 3.04. The van der Waals surface area contributed by atoms with E-state index in [1.807, 2.05) is 53.6 Å². The van der Waals surface area contributed by atoms with Gasteiger partial charge in [-0.15, -0.1) is 0 Å². The van der Waals surface area contributed by atoms with Gasteiger partial charge in [0.15, 0.2) is 0 Å². The fourth-order valence-corrected chi connectivity index (χ4v) is 4.36. The molecule has 0 aliphatic rings. The molecule has 0 unspecified atom stereocenters. The molecule has 0 spiro atoms. The van der Waals surface area contributed by atoms with Gasteiger partial charge >= 0.3 is 5.97 Å². The molecule has 39 heavy (non-hydrogen) atoms. The number of nitrogens with one attached hydrogen (secondary N) is 1. The van der Waals surface area contributed by atoms with Crippen LogP contribution < -0.4 is 10.2 Å². The van der Waals surface area contributed by atoms with Crippen LogP contribution in [-0.2, 0) is 16.1 Å². The molecule has 1 N–H and O–H groups in total. The normalized spacial score (nSPS) is 11.7. The molecule has 8 nitrogen and oxygen atoms in total. The molecular formula is C29H25Cl2N5O3. The van der Waals surface area contributed by atoms with Gasteiger partial charge in [-0.05, 0) is 53.9 Å². The summed E-state index contributed by atoms with van der Waals surface area (Å²) in [7, 11) is 1.26. The first kappa shape index (κ1) is 27.8. The molecule has 10 heteroatoms. The van der Waals surface area contributed by atoms with Gasteiger partial charge in [-0.1, -0.05) is 59.6 Å². The monoisotopic (exact) mass is 561 g/mol. The van der Waals surface area contributed by atoms with Crippen molar-refractivity contribution in [3.05, 3.63) is 118 Å². The Bertz CT molecular complexity index is 1410. The van der Waals surface area contributed by atoms with Crippen LogP contribution in [0.3, 0.4) is 0 Å². The van der Waals surface area contributed by atoms with Crippen molar-refractivity contribution >= 4 is 52.8 Å². The van der Waals surface area contributed by atoms with E-state index in [9.17, 15) is 9.59 Å². The van der Waals surface area contributed by atoms with Crippen molar-refractivity contribution in [1.82, 2.24) is 20.3 Å². The second-order valence-electron chi connectivity index (χ2n) is 8.37. The maximum atomic E-state index is 12.8. The van der Waals surface area contributed by atoms with E-state index >= 15 is 0 Å². The van der Waals surface area contributed by atoms with Gasteiger partial charge in [-0.25, -0.2) is 14.8 Å². The van der Waals surface area contributed by atoms with Crippen molar-refractivity contribution < 1.29 is 14.3 Å². The molecule has 2 heterocycles. The number of pyridine rings is 1. The van der Waals surface area contributed by atoms with Gasteiger partial charge in [0.2, 0.25) is 5.95 Å². The minimum atomic E-state index is -0.921. The summed E-state index contributed by atoms with van der Waals surface area (Å²) in [6.07, 6.45) is 10.8.